The Hall–Kier alpha value is -2.81. The molecule has 0 bridgehead atoms. The second kappa shape index (κ2) is 6.31. The fourth-order valence-corrected chi connectivity index (χ4v) is 1.89. The van der Waals surface area contributed by atoms with Gasteiger partial charge in [0, 0.05) is 0 Å². The van der Waals surface area contributed by atoms with Crippen molar-refractivity contribution < 1.29 is 19.2 Å². The van der Waals surface area contributed by atoms with Crippen molar-refractivity contribution in [3.05, 3.63) is 57.7 Å². The van der Waals surface area contributed by atoms with Crippen molar-refractivity contribution in [2.24, 2.45) is 0 Å². The summed E-state index contributed by atoms with van der Waals surface area (Å²) in [5, 5.41) is 29.0. The number of H-pyrrole nitrogens is 1. The van der Waals surface area contributed by atoms with Gasteiger partial charge in [-0.25, -0.2) is 4.39 Å². The molecule has 0 fully saturated rings. The van der Waals surface area contributed by atoms with Gasteiger partial charge in [0.15, 0.2) is 0 Å². The fourth-order valence-electron chi connectivity index (χ4n) is 1.89. The van der Waals surface area contributed by atoms with Crippen molar-refractivity contribution in [3.63, 3.8) is 0 Å². The summed E-state index contributed by atoms with van der Waals surface area (Å²) in [6.07, 6.45) is -0.165. The number of hydrogen-bond donors (Lipinski definition) is 3. The van der Waals surface area contributed by atoms with Gasteiger partial charge in [-0.05, 0) is 24.6 Å². The average Bonchev–Trinajstić information content (AvgIpc) is 2.97. The van der Waals surface area contributed by atoms with E-state index in [9.17, 15) is 24.4 Å². The van der Waals surface area contributed by atoms with E-state index in [1.165, 1.54) is 31.2 Å². The maximum Gasteiger partial charge on any atom is 0.319 e. The van der Waals surface area contributed by atoms with Crippen LogP contribution in [0.15, 0.2) is 30.5 Å². The van der Waals surface area contributed by atoms with Crippen LogP contribution in [0.4, 0.5) is 10.1 Å². The molecule has 2 rings (SSSR count). The number of aliphatic hydroxyl groups is 1. The zero-order valence-corrected chi connectivity index (χ0v) is 11.5. The normalized spacial score (nSPS) is 13.4. The third-order valence-electron chi connectivity index (χ3n) is 3.09. The van der Waals surface area contributed by atoms with Gasteiger partial charge >= 0.3 is 5.69 Å². The second-order valence-electron chi connectivity index (χ2n) is 4.65. The summed E-state index contributed by atoms with van der Waals surface area (Å²) in [6.45, 7) is 1.52. The van der Waals surface area contributed by atoms with Gasteiger partial charge in [0.2, 0.25) is 5.69 Å². The molecule has 0 aliphatic heterocycles. The van der Waals surface area contributed by atoms with E-state index in [4.69, 9.17) is 0 Å². The van der Waals surface area contributed by atoms with Crippen LogP contribution in [0.25, 0.3) is 0 Å². The summed E-state index contributed by atoms with van der Waals surface area (Å²) < 4.78 is 12.8. The molecule has 3 N–H and O–H groups in total. The van der Waals surface area contributed by atoms with Crippen molar-refractivity contribution >= 4 is 11.6 Å². The highest BCUT2D eigenvalue weighted by molar-refractivity contribution is 5.96. The zero-order chi connectivity index (χ0) is 16.3. The molecule has 0 radical (unpaired) electrons. The minimum absolute atomic E-state index is 0.303. The molecule has 9 heteroatoms. The van der Waals surface area contributed by atoms with E-state index in [0.717, 1.165) is 6.20 Å². The van der Waals surface area contributed by atoms with Crippen molar-refractivity contribution in [1.29, 1.82) is 0 Å². The molecule has 0 saturated carbocycles. The zero-order valence-electron chi connectivity index (χ0n) is 11.5. The number of hydrogen-bond acceptors (Lipinski definition) is 5. The first-order valence-electron chi connectivity index (χ1n) is 6.32. The molecule has 0 spiro atoms. The summed E-state index contributed by atoms with van der Waals surface area (Å²) in [5.41, 5.74) is -0.350. The number of aromatic nitrogens is 2. The predicted molar refractivity (Wildman–Crippen MR) is 73.5 cm³/mol. The summed E-state index contributed by atoms with van der Waals surface area (Å²) in [5.74, 6) is -1.21. The lowest BCUT2D eigenvalue weighted by Gasteiger charge is -2.20. The molecule has 2 unspecified atom stereocenters. The number of carbonyl (C=O) groups excluding carboxylic acids is 1. The highest BCUT2D eigenvalue weighted by atomic mass is 19.1. The molecular weight excluding hydrogens is 295 g/mol. The Kier molecular flexibility index (Phi) is 4.47. The summed E-state index contributed by atoms with van der Waals surface area (Å²) >= 11 is 0. The number of halogens is 1. The van der Waals surface area contributed by atoms with Gasteiger partial charge in [0.1, 0.15) is 12.0 Å². The number of carbonyl (C=O) groups is 1. The number of amides is 1. The maximum atomic E-state index is 12.8. The molecule has 1 aromatic carbocycles. The topological polar surface area (TPSA) is 121 Å². The summed E-state index contributed by atoms with van der Waals surface area (Å²) in [7, 11) is 0. The number of rotatable bonds is 5. The number of benzene rings is 1. The molecule has 2 atom stereocenters. The maximum absolute atomic E-state index is 12.8. The molecular formula is C13H13FN4O4. The second-order valence-corrected chi connectivity index (χ2v) is 4.65. The van der Waals surface area contributed by atoms with Gasteiger partial charge in [-0.2, -0.15) is 5.10 Å². The monoisotopic (exact) mass is 308 g/mol. The molecule has 0 aliphatic carbocycles. The lowest BCUT2D eigenvalue weighted by molar-refractivity contribution is -0.385. The van der Waals surface area contributed by atoms with Gasteiger partial charge in [-0.3, -0.25) is 20.0 Å². The van der Waals surface area contributed by atoms with Crippen LogP contribution in [-0.4, -0.2) is 32.2 Å². The summed E-state index contributed by atoms with van der Waals surface area (Å²) in [6, 6.07) is 4.41. The van der Waals surface area contributed by atoms with Gasteiger partial charge in [-0.15, -0.1) is 0 Å². The molecule has 1 aromatic heterocycles. The van der Waals surface area contributed by atoms with E-state index < -0.39 is 34.5 Å². The quantitative estimate of drug-likeness (QED) is 0.568. The van der Waals surface area contributed by atoms with Crippen LogP contribution in [0.5, 0.6) is 0 Å². The van der Waals surface area contributed by atoms with Crippen LogP contribution in [0, 0.1) is 15.9 Å². The van der Waals surface area contributed by atoms with E-state index in [1.54, 1.807) is 0 Å². The molecule has 2 aromatic rings. The third kappa shape index (κ3) is 3.26. The lowest BCUT2D eigenvalue weighted by atomic mass is 10.0. The molecule has 0 saturated heterocycles. The fraction of sp³-hybridized carbons (Fsp3) is 0.231. The minimum atomic E-state index is -1.09. The standard InChI is InChI=1S/C13H13FN4O4/c1-7(12(19)8-2-4-9(14)5-3-8)16-13(20)11-10(18(21)22)6-15-17-11/h2-7,12,19H,1H3,(H,15,17)(H,16,20). The smallest absolute Gasteiger partial charge is 0.319 e. The number of nitrogens with zero attached hydrogens (tertiary/aromatic N) is 2. The van der Waals surface area contributed by atoms with Crippen LogP contribution in [0.2, 0.25) is 0 Å². The molecule has 116 valence electrons. The predicted octanol–water partition coefficient (Wildman–Crippen LogP) is 1.31. The number of nitrogens with one attached hydrogen (secondary N) is 2. The molecule has 8 nitrogen and oxygen atoms in total. The van der Waals surface area contributed by atoms with Gasteiger partial charge in [0.05, 0.1) is 17.1 Å². The van der Waals surface area contributed by atoms with Gasteiger partial charge in [-0.1, -0.05) is 12.1 Å². The van der Waals surface area contributed by atoms with E-state index in [-0.39, 0.29) is 5.69 Å². The first-order chi connectivity index (χ1) is 10.4. The van der Waals surface area contributed by atoms with Crippen LogP contribution < -0.4 is 5.32 Å². The SMILES string of the molecule is CC(NC(=O)c1[nH]ncc1[N+](=O)[O-])C(O)c1ccc(F)cc1. The van der Waals surface area contributed by atoms with E-state index in [2.05, 4.69) is 15.5 Å². The molecule has 0 aliphatic rings. The van der Waals surface area contributed by atoms with Crippen LogP contribution in [0.3, 0.4) is 0 Å². The number of aromatic amines is 1. The minimum Gasteiger partial charge on any atom is -0.386 e. The van der Waals surface area contributed by atoms with E-state index in [1.807, 2.05) is 0 Å². The first kappa shape index (κ1) is 15.6. The van der Waals surface area contributed by atoms with Crippen molar-refractivity contribution in [2.45, 2.75) is 19.1 Å². The molecule has 1 heterocycles. The van der Waals surface area contributed by atoms with E-state index >= 15 is 0 Å². The van der Waals surface area contributed by atoms with E-state index in [0.29, 0.717) is 5.56 Å². The Bertz CT molecular complexity index is 686. The highest BCUT2D eigenvalue weighted by Gasteiger charge is 2.26. The number of nitro groups is 1. The Morgan fingerprint density at radius 1 is 1.45 bits per heavy atom. The molecule has 1 amide bonds. The van der Waals surface area contributed by atoms with Crippen molar-refractivity contribution in [3.8, 4) is 0 Å². The summed E-state index contributed by atoms with van der Waals surface area (Å²) in [4.78, 5) is 22.0. The Labute approximate surface area is 124 Å². The average molecular weight is 308 g/mol. The Morgan fingerprint density at radius 2 is 2.09 bits per heavy atom. The largest absolute Gasteiger partial charge is 0.386 e. The highest BCUT2D eigenvalue weighted by Crippen LogP contribution is 2.19. The molecule has 22 heavy (non-hydrogen) atoms. The van der Waals surface area contributed by atoms with Crippen LogP contribution >= 0.6 is 0 Å². The third-order valence-corrected chi connectivity index (χ3v) is 3.09. The first-order valence-corrected chi connectivity index (χ1v) is 6.32. The Morgan fingerprint density at radius 3 is 2.68 bits per heavy atom. The van der Waals surface area contributed by atoms with Gasteiger partial charge in [0.25, 0.3) is 5.91 Å². The van der Waals surface area contributed by atoms with Crippen LogP contribution in [-0.2, 0) is 0 Å². The van der Waals surface area contributed by atoms with Gasteiger partial charge < -0.3 is 10.4 Å². The number of aliphatic hydroxyl groups excluding tert-OH is 1. The Balaban J connectivity index is 2.09. The lowest BCUT2D eigenvalue weighted by Crippen LogP contribution is -2.37. The van der Waals surface area contributed by atoms with Crippen molar-refractivity contribution in [2.75, 3.05) is 0 Å². The van der Waals surface area contributed by atoms with Crippen molar-refractivity contribution in [1.82, 2.24) is 15.5 Å². The van der Waals surface area contributed by atoms with Crippen LogP contribution in [0.1, 0.15) is 29.1 Å².